The van der Waals surface area contributed by atoms with E-state index in [1.165, 1.54) is 31.8 Å². The Morgan fingerprint density at radius 2 is 1.66 bits per heavy atom. The number of nitriles is 1. The van der Waals surface area contributed by atoms with Gasteiger partial charge in [0.25, 0.3) is 5.70 Å². The summed E-state index contributed by atoms with van der Waals surface area (Å²) in [5.74, 6) is 0. The van der Waals surface area contributed by atoms with E-state index in [0.717, 1.165) is 9.75 Å². The molecule has 0 unspecified atom stereocenters. The van der Waals surface area contributed by atoms with Gasteiger partial charge in [-0.25, -0.2) is 10.1 Å². The van der Waals surface area contributed by atoms with Gasteiger partial charge in [-0.05, 0) is 35.9 Å². The van der Waals surface area contributed by atoms with Crippen LogP contribution < -0.4 is 4.90 Å². The molecule has 0 spiro atoms. The molecular weight excluding hydrogens is 394 g/mol. The molecule has 0 aliphatic rings. The van der Waals surface area contributed by atoms with Gasteiger partial charge in [0.2, 0.25) is 0 Å². The standard InChI is InChI=1S/C24H17N3S2/c1-26-17(15-25)14-19-12-13-22(28-19)24-21-7-5-4-6-20(21)23(29-24)16-8-10-18(11-9-16)27(2)3/h4-14H,2-3H3. The van der Waals surface area contributed by atoms with Crippen molar-refractivity contribution < 1.29 is 0 Å². The summed E-state index contributed by atoms with van der Waals surface area (Å²) >= 11 is 3.40. The van der Waals surface area contributed by atoms with Crippen LogP contribution in [0.2, 0.25) is 0 Å². The molecule has 0 atom stereocenters. The molecule has 0 N–H and O–H groups in total. The van der Waals surface area contributed by atoms with Crippen molar-refractivity contribution in [1.82, 2.24) is 0 Å². The second kappa shape index (κ2) is 7.93. The summed E-state index contributed by atoms with van der Waals surface area (Å²) in [5.41, 5.74) is 2.49. The van der Waals surface area contributed by atoms with E-state index in [-0.39, 0.29) is 5.70 Å². The minimum atomic E-state index is 0.108. The first kappa shape index (κ1) is 19.0. The van der Waals surface area contributed by atoms with E-state index >= 15 is 0 Å². The fourth-order valence-corrected chi connectivity index (χ4v) is 5.53. The lowest BCUT2D eigenvalue weighted by Crippen LogP contribution is -2.07. The summed E-state index contributed by atoms with van der Waals surface area (Å²) in [6.07, 6.45) is 1.65. The zero-order valence-electron chi connectivity index (χ0n) is 16.0. The number of anilines is 1. The van der Waals surface area contributed by atoms with Gasteiger partial charge in [0, 0.05) is 45.2 Å². The molecule has 0 fully saturated rings. The highest BCUT2D eigenvalue weighted by Gasteiger charge is 2.15. The van der Waals surface area contributed by atoms with Gasteiger partial charge in [-0.1, -0.05) is 36.4 Å². The van der Waals surface area contributed by atoms with E-state index in [1.54, 1.807) is 28.7 Å². The Morgan fingerprint density at radius 3 is 2.28 bits per heavy atom. The molecule has 5 heteroatoms. The maximum Gasteiger partial charge on any atom is 0.263 e. The maximum atomic E-state index is 9.01. The quantitative estimate of drug-likeness (QED) is 0.264. The van der Waals surface area contributed by atoms with Gasteiger partial charge in [-0.2, -0.15) is 0 Å². The van der Waals surface area contributed by atoms with E-state index in [0.29, 0.717) is 0 Å². The summed E-state index contributed by atoms with van der Waals surface area (Å²) in [6.45, 7) is 7.07. The number of rotatable bonds is 4. The molecule has 0 saturated heterocycles. The first-order chi connectivity index (χ1) is 14.1. The van der Waals surface area contributed by atoms with Gasteiger partial charge in [0.05, 0.1) is 17.5 Å². The van der Waals surface area contributed by atoms with Crippen molar-refractivity contribution in [3.8, 4) is 26.3 Å². The predicted molar refractivity (Wildman–Crippen MR) is 125 cm³/mol. The van der Waals surface area contributed by atoms with Crippen LogP contribution in [0.4, 0.5) is 5.69 Å². The van der Waals surface area contributed by atoms with Crippen molar-refractivity contribution >= 4 is 45.2 Å². The number of benzene rings is 2. The summed E-state index contributed by atoms with van der Waals surface area (Å²) in [5, 5.41) is 11.5. The maximum absolute atomic E-state index is 9.01. The van der Waals surface area contributed by atoms with E-state index in [9.17, 15) is 0 Å². The van der Waals surface area contributed by atoms with Crippen LogP contribution in [0.1, 0.15) is 4.88 Å². The largest absolute Gasteiger partial charge is 0.378 e. The molecule has 0 radical (unpaired) electrons. The minimum absolute atomic E-state index is 0.108. The topological polar surface area (TPSA) is 31.4 Å². The van der Waals surface area contributed by atoms with Crippen LogP contribution in [0.25, 0.3) is 41.9 Å². The van der Waals surface area contributed by atoms with Gasteiger partial charge in [0.1, 0.15) is 0 Å². The average molecular weight is 412 g/mol. The van der Waals surface area contributed by atoms with Crippen LogP contribution in [0, 0.1) is 17.9 Å². The highest BCUT2D eigenvalue weighted by Crippen LogP contribution is 2.46. The molecule has 0 amide bonds. The lowest BCUT2D eigenvalue weighted by Gasteiger charge is -2.12. The van der Waals surface area contributed by atoms with E-state index in [4.69, 9.17) is 11.8 Å². The Bertz CT molecular complexity index is 1280. The minimum Gasteiger partial charge on any atom is -0.378 e. The van der Waals surface area contributed by atoms with Crippen LogP contribution in [0.15, 0.2) is 66.4 Å². The molecule has 0 aliphatic heterocycles. The van der Waals surface area contributed by atoms with Crippen LogP contribution in [-0.4, -0.2) is 14.1 Å². The molecule has 2 aromatic carbocycles. The zero-order chi connectivity index (χ0) is 20.4. The number of thiophene rings is 2. The summed E-state index contributed by atoms with van der Waals surface area (Å²) in [6, 6.07) is 23.1. The van der Waals surface area contributed by atoms with Crippen molar-refractivity contribution in [2.75, 3.05) is 19.0 Å². The SMILES string of the molecule is [C-]#[N+]C(C#N)=Cc1ccc(-c2sc(-c3ccc(N(C)C)cc3)c3ccccc23)s1. The van der Waals surface area contributed by atoms with Crippen molar-refractivity contribution in [2.24, 2.45) is 0 Å². The summed E-state index contributed by atoms with van der Waals surface area (Å²) < 4.78 is 0. The fraction of sp³-hybridized carbons (Fsp3) is 0.0833. The normalized spacial score (nSPS) is 11.2. The third kappa shape index (κ3) is 3.67. The average Bonchev–Trinajstić information content (AvgIpc) is 3.36. The smallest absolute Gasteiger partial charge is 0.263 e. The third-order valence-corrected chi connectivity index (χ3v) is 7.11. The molecule has 4 aromatic rings. The molecular formula is C24H17N3S2. The van der Waals surface area contributed by atoms with E-state index < -0.39 is 0 Å². The van der Waals surface area contributed by atoms with Crippen molar-refractivity contribution in [3.63, 3.8) is 0 Å². The molecule has 0 aliphatic carbocycles. The molecule has 3 nitrogen and oxygen atoms in total. The molecule has 0 saturated carbocycles. The summed E-state index contributed by atoms with van der Waals surface area (Å²) in [7, 11) is 4.09. The van der Waals surface area contributed by atoms with Crippen LogP contribution in [0.5, 0.6) is 0 Å². The van der Waals surface area contributed by atoms with Gasteiger partial charge >= 0.3 is 0 Å². The number of nitrogens with zero attached hydrogens (tertiary/aromatic N) is 3. The lowest BCUT2D eigenvalue weighted by molar-refractivity contribution is 1.13. The molecule has 2 aromatic heterocycles. The van der Waals surface area contributed by atoms with Gasteiger partial charge in [-0.15, -0.1) is 22.7 Å². The molecule has 2 heterocycles. The van der Waals surface area contributed by atoms with Crippen LogP contribution >= 0.6 is 22.7 Å². The second-order valence-corrected chi connectivity index (χ2v) is 8.84. The van der Waals surface area contributed by atoms with Gasteiger partial charge < -0.3 is 4.90 Å². The van der Waals surface area contributed by atoms with E-state index in [1.807, 2.05) is 26.2 Å². The van der Waals surface area contributed by atoms with Crippen molar-refractivity contribution in [3.05, 3.63) is 82.7 Å². The third-order valence-electron chi connectivity index (χ3n) is 4.63. The van der Waals surface area contributed by atoms with Gasteiger partial charge in [-0.3, -0.25) is 0 Å². The van der Waals surface area contributed by atoms with Crippen molar-refractivity contribution in [2.45, 2.75) is 0 Å². The molecule has 0 bridgehead atoms. The number of allylic oxidation sites excluding steroid dienone is 1. The number of hydrogen-bond acceptors (Lipinski definition) is 4. The summed E-state index contributed by atoms with van der Waals surface area (Å²) in [4.78, 5) is 9.89. The Kier molecular flexibility index (Phi) is 5.18. The lowest BCUT2D eigenvalue weighted by atomic mass is 10.1. The molecule has 4 rings (SSSR count). The van der Waals surface area contributed by atoms with Crippen LogP contribution in [-0.2, 0) is 0 Å². The first-order valence-corrected chi connectivity index (χ1v) is 10.6. The van der Waals surface area contributed by atoms with Crippen LogP contribution in [0.3, 0.4) is 0 Å². The monoisotopic (exact) mass is 411 g/mol. The highest BCUT2D eigenvalue weighted by atomic mass is 32.1. The fourth-order valence-electron chi connectivity index (χ4n) is 3.18. The molecule has 140 valence electrons. The van der Waals surface area contributed by atoms with E-state index in [2.05, 4.69) is 64.3 Å². The first-order valence-electron chi connectivity index (χ1n) is 8.99. The zero-order valence-corrected chi connectivity index (χ0v) is 17.6. The Hall–Kier alpha value is -3.38. The predicted octanol–water partition coefficient (Wildman–Crippen LogP) is 7.15. The van der Waals surface area contributed by atoms with Gasteiger partial charge in [0.15, 0.2) is 0 Å². The Morgan fingerprint density at radius 1 is 0.966 bits per heavy atom. The Labute approximate surface area is 178 Å². The number of hydrogen-bond donors (Lipinski definition) is 0. The van der Waals surface area contributed by atoms with Crippen molar-refractivity contribution in [1.29, 1.82) is 5.26 Å². The Balaban J connectivity index is 1.82. The number of fused-ring (bicyclic) bond motifs is 1. The molecule has 29 heavy (non-hydrogen) atoms. The highest BCUT2D eigenvalue weighted by molar-refractivity contribution is 7.25. The second-order valence-electron chi connectivity index (χ2n) is 6.70.